The molecule has 0 aromatic carbocycles. The molecule has 0 saturated carbocycles. The minimum absolute atomic E-state index is 0.306. The Labute approximate surface area is 72.9 Å². The SMILES string of the molecule is CO[C@H]1c2c[nH]cc2CCC1C. The first kappa shape index (κ1) is 7.87. The number of hydrogen-bond donors (Lipinski definition) is 1. The Morgan fingerprint density at radius 3 is 3.08 bits per heavy atom. The average molecular weight is 165 g/mol. The minimum atomic E-state index is 0.306. The number of aromatic amines is 1. The molecular weight excluding hydrogens is 150 g/mol. The Hall–Kier alpha value is -0.760. The van der Waals surface area contributed by atoms with Crippen LogP contribution in [0.4, 0.5) is 0 Å². The molecular formula is C10H15NO. The quantitative estimate of drug-likeness (QED) is 0.678. The van der Waals surface area contributed by atoms with Gasteiger partial charge in [-0.25, -0.2) is 0 Å². The first-order chi connectivity index (χ1) is 5.83. The van der Waals surface area contributed by atoms with Crippen molar-refractivity contribution in [2.75, 3.05) is 7.11 Å². The fourth-order valence-electron chi connectivity index (χ4n) is 2.09. The van der Waals surface area contributed by atoms with Crippen molar-refractivity contribution < 1.29 is 4.74 Å². The van der Waals surface area contributed by atoms with Gasteiger partial charge in [0.2, 0.25) is 0 Å². The molecule has 2 heteroatoms. The maximum Gasteiger partial charge on any atom is 0.0863 e. The number of hydrogen-bond acceptors (Lipinski definition) is 1. The van der Waals surface area contributed by atoms with E-state index in [1.807, 2.05) is 0 Å². The van der Waals surface area contributed by atoms with E-state index in [1.165, 1.54) is 24.0 Å². The fraction of sp³-hybridized carbons (Fsp3) is 0.600. The summed E-state index contributed by atoms with van der Waals surface area (Å²) in [6, 6.07) is 0. The molecule has 0 bridgehead atoms. The Balaban J connectivity index is 2.34. The van der Waals surface area contributed by atoms with Crippen molar-refractivity contribution in [1.82, 2.24) is 4.98 Å². The van der Waals surface area contributed by atoms with Gasteiger partial charge in [0.1, 0.15) is 0 Å². The molecule has 2 atom stereocenters. The van der Waals surface area contributed by atoms with Crippen LogP contribution >= 0.6 is 0 Å². The van der Waals surface area contributed by atoms with E-state index in [2.05, 4.69) is 24.3 Å². The topological polar surface area (TPSA) is 25.0 Å². The number of H-pyrrole nitrogens is 1. The lowest BCUT2D eigenvalue weighted by Crippen LogP contribution is -2.18. The molecule has 1 aliphatic carbocycles. The number of rotatable bonds is 1. The van der Waals surface area contributed by atoms with Crippen LogP contribution in [0.5, 0.6) is 0 Å². The highest BCUT2D eigenvalue weighted by Gasteiger charge is 2.26. The molecule has 1 aromatic heterocycles. The predicted octanol–water partition coefficient (Wildman–Crippen LogP) is 2.28. The first-order valence-corrected chi connectivity index (χ1v) is 4.51. The number of ether oxygens (including phenoxy) is 1. The zero-order valence-electron chi connectivity index (χ0n) is 7.63. The second-order valence-corrected chi connectivity index (χ2v) is 3.61. The van der Waals surface area contributed by atoms with Gasteiger partial charge in [-0.15, -0.1) is 0 Å². The summed E-state index contributed by atoms with van der Waals surface area (Å²) in [6.45, 7) is 2.25. The molecule has 1 heterocycles. The van der Waals surface area contributed by atoms with Crippen LogP contribution in [0.3, 0.4) is 0 Å². The second kappa shape index (κ2) is 2.94. The van der Waals surface area contributed by atoms with Crippen molar-refractivity contribution >= 4 is 0 Å². The largest absolute Gasteiger partial charge is 0.376 e. The van der Waals surface area contributed by atoms with Gasteiger partial charge in [0.05, 0.1) is 6.10 Å². The Morgan fingerprint density at radius 2 is 2.33 bits per heavy atom. The predicted molar refractivity (Wildman–Crippen MR) is 48.0 cm³/mol. The van der Waals surface area contributed by atoms with Gasteiger partial charge in [-0.2, -0.15) is 0 Å². The van der Waals surface area contributed by atoms with E-state index in [0.29, 0.717) is 12.0 Å². The molecule has 66 valence electrons. The zero-order chi connectivity index (χ0) is 8.55. The molecule has 0 amide bonds. The third-order valence-corrected chi connectivity index (χ3v) is 2.81. The third-order valence-electron chi connectivity index (χ3n) is 2.81. The molecule has 0 fully saturated rings. The van der Waals surface area contributed by atoms with Gasteiger partial charge >= 0.3 is 0 Å². The monoisotopic (exact) mass is 165 g/mol. The minimum Gasteiger partial charge on any atom is -0.376 e. The highest BCUT2D eigenvalue weighted by atomic mass is 16.5. The summed E-state index contributed by atoms with van der Waals surface area (Å²) in [5.74, 6) is 0.651. The van der Waals surface area contributed by atoms with Gasteiger partial charge in [-0.3, -0.25) is 0 Å². The summed E-state index contributed by atoms with van der Waals surface area (Å²) in [5.41, 5.74) is 2.79. The van der Waals surface area contributed by atoms with E-state index >= 15 is 0 Å². The van der Waals surface area contributed by atoms with E-state index in [4.69, 9.17) is 4.74 Å². The maximum atomic E-state index is 5.47. The van der Waals surface area contributed by atoms with E-state index < -0.39 is 0 Å². The molecule has 12 heavy (non-hydrogen) atoms. The summed E-state index contributed by atoms with van der Waals surface area (Å²) in [4.78, 5) is 3.15. The number of methoxy groups -OCH3 is 1. The van der Waals surface area contributed by atoms with Crippen molar-refractivity contribution in [2.24, 2.45) is 5.92 Å². The van der Waals surface area contributed by atoms with Crippen molar-refractivity contribution in [3.8, 4) is 0 Å². The summed E-state index contributed by atoms with van der Waals surface area (Å²) >= 11 is 0. The lowest BCUT2D eigenvalue weighted by molar-refractivity contribution is 0.0483. The summed E-state index contributed by atoms with van der Waals surface area (Å²) in [7, 11) is 1.79. The van der Waals surface area contributed by atoms with Crippen LogP contribution in [0.1, 0.15) is 30.6 Å². The van der Waals surface area contributed by atoms with Gasteiger partial charge in [-0.05, 0) is 24.3 Å². The van der Waals surface area contributed by atoms with E-state index in [1.54, 1.807) is 7.11 Å². The summed E-state index contributed by atoms with van der Waals surface area (Å²) in [6.07, 6.45) is 6.90. The van der Waals surface area contributed by atoms with Crippen molar-refractivity contribution in [1.29, 1.82) is 0 Å². The van der Waals surface area contributed by atoms with E-state index in [9.17, 15) is 0 Å². The van der Waals surface area contributed by atoms with Gasteiger partial charge in [-0.1, -0.05) is 6.92 Å². The van der Waals surface area contributed by atoms with Crippen molar-refractivity contribution in [3.63, 3.8) is 0 Å². The van der Waals surface area contributed by atoms with E-state index in [-0.39, 0.29) is 0 Å². The number of fused-ring (bicyclic) bond motifs is 1. The molecule has 0 aliphatic heterocycles. The number of nitrogens with one attached hydrogen (secondary N) is 1. The molecule has 1 aromatic rings. The fourth-order valence-corrected chi connectivity index (χ4v) is 2.09. The molecule has 1 N–H and O–H groups in total. The van der Waals surface area contributed by atoms with Crippen LogP contribution in [0, 0.1) is 5.92 Å². The van der Waals surface area contributed by atoms with E-state index in [0.717, 1.165) is 0 Å². The Morgan fingerprint density at radius 1 is 1.50 bits per heavy atom. The van der Waals surface area contributed by atoms with Gasteiger partial charge in [0.25, 0.3) is 0 Å². The lowest BCUT2D eigenvalue weighted by atomic mass is 9.85. The normalized spacial score (nSPS) is 28.5. The van der Waals surface area contributed by atoms with Gasteiger partial charge < -0.3 is 9.72 Å². The molecule has 0 saturated heterocycles. The van der Waals surface area contributed by atoms with Crippen LogP contribution in [0.2, 0.25) is 0 Å². The van der Waals surface area contributed by atoms with Gasteiger partial charge in [0, 0.05) is 25.1 Å². The Bertz CT molecular complexity index is 267. The van der Waals surface area contributed by atoms with Crippen LogP contribution in [0.15, 0.2) is 12.4 Å². The molecule has 2 rings (SSSR count). The first-order valence-electron chi connectivity index (χ1n) is 4.51. The summed E-state index contributed by atoms with van der Waals surface area (Å²) in [5, 5.41) is 0. The van der Waals surface area contributed by atoms with Crippen molar-refractivity contribution in [2.45, 2.75) is 25.9 Å². The zero-order valence-corrected chi connectivity index (χ0v) is 7.63. The second-order valence-electron chi connectivity index (χ2n) is 3.61. The van der Waals surface area contributed by atoms with Crippen LogP contribution in [0.25, 0.3) is 0 Å². The smallest absolute Gasteiger partial charge is 0.0863 e. The standard InChI is InChI=1S/C10H15NO/c1-7-3-4-8-5-11-6-9(8)10(7)12-2/h5-7,10-11H,3-4H2,1-2H3/t7?,10-/m1/s1. The highest BCUT2D eigenvalue weighted by molar-refractivity contribution is 5.28. The van der Waals surface area contributed by atoms with Crippen LogP contribution in [-0.2, 0) is 11.2 Å². The maximum absolute atomic E-state index is 5.47. The van der Waals surface area contributed by atoms with Crippen LogP contribution < -0.4 is 0 Å². The molecule has 0 radical (unpaired) electrons. The number of aryl methyl sites for hydroxylation is 1. The molecule has 2 nitrogen and oxygen atoms in total. The molecule has 1 aliphatic rings. The third kappa shape index (κ3) is 1.07. The summed E-state index contributed by atoms with van der Waals surface area (Å²) < 4.78 is 5.47. The Kier molecular flexibility index (Phi) is 1.93. The number of aromatic nitrogens is 1. The average Bonchev–Trinajstić information content (AvgIpc) is 2.52. The van der Waals surface area contributed by atoms with Gasteiger partial charge in [0.15, 0.2) is 0 Å². The highest BCUT2D eigenvalue weighted by Crippen LogP contribution is 2.35. The molecule has 1 unspecified atom stereocenters. The molecule has 0 spiro atoms. The van der Waals surface area contributed by atoms with Crippen molar-refractivity contribution in [3.05, 3.63) is 23.5 Å². The lowest BCUT2D eigenvalue weighted by Gasteiger charge is -2.27. The van der Waals surface area contributed by atoms with Crippen LogP contribution in [-0.4, -0.2) is 12.1 Å².